The van der Waals surface area contributed by atoms with Gasteiger partial charge in [-0.25, -0.2) is 15.2 Å². The van der Waals surface area contributed by atoms with Crippen LogP contribution in [0.15, 0.2) is 0 Å². The lowest BCUT2D eigenvalue weighted by Gasteiger charge is -2.16. The van der Waals surface area contributed by atoms with Crippen molar-refractivity contribution in [3.05, 3.63) is 0 Å². The zero-order valence-electron chi connectivity index (χ0n) is 5.99. The van der Waals surface area contributed by atoms with Crippen molar-refractivity contribution in [2.45, 2.75) is 18.9 Å². The molecule has 0 unspecified atom stereocenters. The van der Waals surface area contributed by atoms with Crippen molar-refractivity contribution in [1.29, 1.82) is 0 Å². The summed E-state index contributed by atoms with van der Waals surface area (Å²) in [4.78, 5) is 20.3. The highest BCUT2D eigenvalue weighted by molar-refractivity contribution is 5.68. The summed E-state index contributed by atoms with van der Waals surface area (Å²) in [5.41, 5.74) is 2.69. The summed E-state index contributed by atoms with van der Waals surface area (Å²) in [6.45, 7) is -0.105. The summed E-state index contributed by atoms with van der Waals surface area (Å²) in [7, 11) is 0. The molecule has 0 aromatic carbocycles. The summed E-state index contributed by atoms with van der Waals surface area (Å²) in [6, 6.07) is 0.256. The third kappa shape index (κ3) is 2.55. The fourth-order valence-corrected chi connectivity index (χ4v) is 0.693. The minimum Gasteiger partial charge on any atom is -0.464 e. The number of hydrogen-bond donors (Lipinski definition) is 2. The fourth-order valence-electron chi connectivity index (χ4n) is 0.693. The second-order valence-electron chi connectivity index (χ2n) is 2.46. The van der Waals surface area contributed by atoms with E-state index in [0.29, 0.717) is 6.29 Å². The topological polar surface area (TPSA) is 69.6 Å². The SMILES string of the molecule is O=CCN(NC1CC1)C(=O)O. The summed E-state index contributed by atoms with van der Waals surface area (Å²) in [6.07, 6.45) is 1.43. The molecule has 0 aliphatic heterocycles. The van der Waals surface area contributed by atoms with Gasteiger partial charge < -0.3 is 9.90 Å². The van der Waals surface area contributed by atoms with Crippen LogP contribution in [0.3, 0.4) is 0 Å². The summed E-state index contributed by atoms with van der Waals surface area (Å²) in [5.74, 6) is 0. The molecule has 0 bridgehead atoms. The summed E-state index contributed by atoms with van der Waals surface area (Å²) in [5, 5.41) is 9.39. The van der Waals surface area contributed by atoms with E-state index in [-0.39, 0.29) is 12.6 Å². The molecular weight excluding hydrogens is 148 g/mol. The molecule has 1 amide bonds. The first-order chi connectivity index (χ1) is 5.24. The zero-order valence-corrected chi connectivity index (χ0v) is 5.99. The largest absolute Gasteiger partial charge is 0.464 e. The number of carbonyl (C=O) groups is 2. The van der Waals surface area contributed by atoms with Crippen LogP contribution >= 0.6 is 0 Å². The average Bonchev–Trinajstić information content (AvgIpc) is 2.70. The molecule has 0 radical (unpaired) electrons. The van der Waals surface area contributed by atoms with Gasteiger partial charge in [0.1, 0.15) is 6.29 Å². The molecule has 0 spiro atoms. The maximum atomic E-state index is 10.4. The number of aldehydes is 1. The third-order valence-electron chi connectivity index (χ3n) is 1.40. The number of nitrogens with zero attached hydrogens (tertiary/aromatic N) is 1. The number of rotatable bonds is 4. The zero-order chi connectivity index (χ0) is 8.27. The number of hydrazine groups is 1. The van der Waals surface area contributed by atoms with Gasteiger partial charge in [0.2, 0.25) is 0 Å². The van der Waals surface area contributed by atoms with Crippen molar-refractivity contribution in [3.63, 3.8) is 0 Å². The molecule has 0 aromatic rings. The van der Waals surface area contributed by atoms with Crippen LogP contribution in [0.4, 0.5) is 4.79 Å². The van der Waals surface area contributed by atoms with E-state index in [4.69, 9.17) is 5.11 Å². The monoisotopic (exact) mass is 158 g/mol. The Hall–Kier alpha value is -1.10. The highest BCUT2D eigenvalue weighted by Gasteiger charge is 2.25. The molecule has 5 nitrogen and oxygen atoms in total. The molecule has 1 saturated carbocycles. The van der Waals surface area contributed by atoms with Crippen LogP contribution in [0.1, 0.15) is 12.8 Å². The third-order valence-corrected chi connectivity index (χ3v) is 1.40. The Morgan fingerprint density at radius 2 is 2.36 bits per heavy atom. The Kier molecular flexibility index (Phi) is 2.43. The first-order valence-electron chi connectivity index (χ1n) is 3.44. The lowest BCUT2D eigenvalue weighted by molar-refractivity contribution is -0.109. The molecule has 5 heteroatoms. The maximum absolute atomic E-state index is 10.4. The second-order valence-corrected chi connectivity index (χ2v) is 2.46. The number of amides is 1. The summed E-state index contributed by atoms with van der Waals surface area (Å²) >= 11 is 0. The summed E-state index contributed by atoms with van der Waals surface area (Å²) < 4.78 is 0. The van der Waals surface area contributed by atoms with Crippen LogP contribution in [-0.4, -0.2) is 35.1 Å². The molecule has 62 valence electrons. The van der Waals surface area contributed by atoms with E-state index in [9.17, 15) is 9.59 Å². The quantitative estimate of drug-likeness (QED) is 0.440. The Morgan fingerprint density at radius 3 is 2.73 bits per heavy atom. The van der Waals surface area contributed by atoms with Gasteiger partial charge in [-0.05, 0) is 12.8 Å². The van der Waals surface area contributed by atoms with E-state index in [0.717, 1.165) is 17.9 Å². The van der Waals surface area contributed by atoms with Crippen LogP contribution < -0.4 is 5.43 Å². The van der Waals surface area contributed by atoms with Gasteiger partial charge in [0.15, 0.2) is 0 Å². The molecule has 0 heterocycles. The first kappa shape index (κ1) is 8.00. The van der Waals surface area contributed by atoms with Crippen molar-refractivity contribution in [3.8, 4) is 0 Å². The minimum atomic E-state index is -1.11. The Bertz CT molecular complexity index is 167. The van der Waals surface area contributed by atoms with E-state index in [1.54, 1.807) is 0 Å². The van der Waals surface area contributed by atoms with E-state index in [2.05, 4.69) is 5.43 Å². The molecule has 2 N–H and O–H groups in total. The van der Waals surface area contributed by atoms with E-state index >= 15 is 0 Å². The van der Waals surface area contributed by atoms with Crippen LogP contribution in [0.2, 0.25) is 0 Å². The minimum absolute atomic E-state index is 0.105. The Balaban J connectivity index is 2.30. The van der Waals surface area contributed by atoms with Crippen molar-refractivity contribution >= 4 is 12.4 Å². The van der Waals surface area contributed by atoms with Gasteiger partial charge in [-0.15, -0.1) is 0 Å². The van der Waals surface area contributed by atoms with Crippen molar-refractivity contribution in [2.75, 3.05) is 6.54 Å². The Morgan fingerprint density at radius 1 is 1.73 bits per heavy atom. The normalized spacial score (nSPS) is 16.0. The van der Waals surface area contributed by atoms with Crippen molar-refractivity contribution in [1.82, 2.24) is 10.4 Å². The molecule has 0 atom stereocenters. The predicted octanol–water partition coefficient (Wildman–Crippen LogP) is -0.168. The van der Waals surface area contributed by atoms with E-state index in [1.807, 2.05) is 0 Å². The first-order valence-corrected chi connectivity index (χ1v) is 3.44. The van der Waals surface area contributed by atoms with Gasteiger partial charge in [0.25, 0.3) is 0 Å². The molecule has 11 heavy (non-hydrogen) atoms. The molecule has 1 fully saturated rings. The lowest BCUT2D eigenvalue weighted by atomic mass is 10.6. The molecule has 0 aromatic heterocycles. The number of carboxylic acid groups (broad SMARTS) is 1. The highest BCUT2D eigenvalue weighted by atomic mass is 16.4. The molecule has 0 saturated heterocycles. The second kappa shape index (κ2) is 3.34. The van der Waals surface area contributed by atoms with Gasteiger partial charge in [-0.3, -0.25) is 0 Å². The van der Waals surface area contributed by atoms with Crippen LogP contribution in [0.5, 0.6) is 0 Å². The van der Waals surface area contributed by atoms with E-state index in [1.165, 1.54) is 0 Å². The molecule has 1 aliphatic rings. The van der Waals surface area contributed by atoms with Gasteiger partial charge in [-0.1, -0.05) is 0 Å². The number of carbonyl (C=O) groups excluding carboxylic acids is 1. The van der Waals surface area contributed by atoms with Gasteiger partial charge in [0.05, 0.1) is 6.54 Å². The maximum Gasteiger partial charge on any atom is 0.422 e. The van der Waals surface area contributed by atoms with Gasteiger partial charge >= 0.3 is 6.09 Å². The van der Waals surface area contributed by atoms with E-state index < -0.39 is 6.09 Å². The lowest BCUT2D eigenvalue weighted by Crippen LogP contribution is -2.44. The van der Waals surface area contributed by atoms with Crippen LogP contribution in [-0.2, 0) is 4.79 Å². The van der Waals surface area contributed by atoms with Crippen molar-refractivity contribution in [2.24, 2.45) is 0 Å². The predicted molar refractivity (Wildman–Crippen MR) is 37.0 cm³/mol. The standard InChI is InChI=1S/C6H10N2O3/c9-4-3-8(6(10)11)7-5-1-2-5/h4-5,7H,1-3H2,(H,10,11). The average molecular weight is 158 g/mol. The number of hydrogen-bond acceptors (Lipinski definition) is 3. The molecule has 1 rings (SSSR count). The van der Waals surface area contributed by atoms with Crippen LogP contribution in [0, 0.1) is 0 Å². The van der Waals surface area contributed by atoms with Gasteiger partial charge in [0, 0.05) is 6.04 Å². The Labute approximate surface area is 64.0 Å². The smallest absolute Gasteiger partial charge is 0.422 e. The number of nitrogens with one attached hydrogen (secondary N) is 1. The van der Waals surface area contributed by atoms with Gasteiger partial charge in [-0.2, -0.15) is 0 Å². The van der Waals surface area contributed by atoms with Crippen molar-refractivity contribution < 1.29 is 14.7 Å². The fraction of sp³-hybridized carbons (Fsp3) is 0.667. The molecular formula is C6H10N2O3. The van der Waals surface area contributed by atoms with Crippen LogP contribution in [0.25, 0.3) is 0 Å². The highest BCUT2D eigenvalue weighted by Crippen LogP contribution is 2.18. The molecule has 1 aliphatic carbocycles.